The number of hydrogen-bond donors (Lipinski definition) is 0. The van der Waals surface area contributed by atoms with Crippen LogP contribution in [0.5, 0.6) is 0 Å². The van der Waals surface area contributed by atoms with Crippen molar-refractivity contribution in [3.63, 3.8) is 0 Å². The zero-order valence-electron chi connectivity index (χ0n) is 8.81. The van der Waals surface area contributed by atoms with Gasteiger partial charge in [-0.2, -0.15) is 10.4 Å². The zero-order valence-corrected chi connectivity index (χ0v) is 8.81. The highest BCUT2D eigenvalue weighted by atomic mass is 19.1. The summed E-state index contributed by atoms with van der Waals surface area (Å²) >= 11 is 0. The van der Waals surface area contributed by atoms with E-state index in [1.54, 1.807) is 16.8 Å². The fraction of sp³-hybridized carbons (Fsp3) is 0.167. The molecule has 0 saturated heterocycles. The summed E-state index contributed by atoms with van der Waals surface area (Å²) in [7, 11) is 0. The number of nitrogens with zero attached hydrogens (tertiary/aromatic N) is 3. The number of rotatable bonds is 2. The summed E-state index contributed by atoms with van der Waals surface area (Å²) in [6.45, 7) is 1.94. The second-order valence-electron chi connectivity index (χ2n) is 3.36. The van der Waals surface area contributed by atoms with Crippen molar-refractivity contribution in [1.29, 1.82) is 5.26 Å². The van der Waals surface area contributed by atoms with Gasteiger partial charge in [0.15, 0.2) is 0 Å². The molecule has 2 rings (SSSR count). The van der Waals surface area contributed by atoms with Crippen molar-refractivity contribution in [2.75, 3.05) is 0 Å². The molecule has 0 bridgehead atoms. The molecule has 1 aromatic carbocycles. The first kappa shape index (κ1) is 10.4. The highest BCUT2D eigenvalue weighted by Crippen LogP contribution is 2.15. The van der Waals surface area contributed by atoms with Gasteiger partial charge in [0.1, 0.15) is 11.9 Å². The number of nitriles is 1. The monoisotopic (exact) mass is 215 g/mol. The van der Waals surface area contributed by atoms with Gasteiger partial charge in [-0.25, -0.2) is 9.07 Å². The molecule has 0 aliphatic rings. The van der Waals surface area contributed by atoms with Crippen LogP contribution in [0.3, 0.4) is 0 Å². The molecule has 0 amide bonds. The SMILES string of the molecule is CCc1c(C#N)cnn1-c1cccc(F)c1. The second kappa shape index (κ2) is 4.15. The summed E-state index contributed by atoms with van der Waals surface area (Å²) in [6, 6.07) is 8.23. The molecule has 0 atom stereocenters. The van der Waals surface area contributed by atoms with Gasteiger partial charge in [-0.3, -0.25) is 0 Å². The van der Waals surface area contributed by atoms with Crippen LogP contribution < -0.4 is 0 Å². The smallest absolute Gasteiger partial charge is 0.125 e. The van der Waals surface area contributed by atoms with Crippen molar-refractivity contribution in [3.8, 4) is 11.8 Å². The Hall–Kier alpha value is -2.15. The topological polar surface area (TPSA) is 41.6 Å². The van der Waals surface area contributed by atoms with Gasteiger partial charge in [-0.05, 0) is 24.6 Å². The van der Waals surface area contributed by atoms with E-state index in [0.29, 0.717) is 17.7 Å². The summed E-state index contributed by atoms with van der Waals surface area (Å²) < 4.78 is 14.7. The molecule has 0 aliphatic heterocycles. The van der Waals surface area contributed by atoms with Crippen LogP contribution in [0.15, 0.2) is 30.5 Å². The Kier molecular flexibility index (Phi) is 2.69. The predicted molar refractivity (Wildman–Crippen MR) is 57.6 cm³/mol. The number of aromatic nitrogens is 2. The van der Waals surface area contributed by atoms with Crippen molar-refractivity contribution in [3.05, 3.63) is 47.5 Å². The summed E-state index contributed by atoms with van der Waals surface area (Å²) in [5, 5.41) is 13.0. The average molecular weight is 215 g/mol. The van der Waals surface area contributed by atoms with Crippen LogP contribution in [-0.2, 0) is 6.42 Å². The van der Waals surface area contributed by atoms with E-state index < -0.39 is 0 Å². The summed E-state index contributed by atoms with van der Waals surface area (Å²) in [5.41, 5.74) is 1.97. The first-order chi connectivity index (χ1) is 7.76. The lowest BCUT2D eigenvalue weighted by atomic mass is 10.2. The minimum atomic E-state index is -0.312. The molecule has 0 spiro atoms. The Morgan fingerprint density at radius 1 is 1.50 bits per heavy atom. The van der Waals surface area contributed by atoms with E-state index in [1.807, 2.05) is 6.92 Å². The minimum Gasteiger partial charge on any atom is -0.236 e. The van der Waals surface area contributed by atoms with Gasteiger partial charge in [0.2, 0.25) is 0 Å². The van der Waals surface area contributed by atoms with E-state index in [1.165, 1.54) is 18.3 Å². The molecule has 16 heavy (non-hydrogen) atoms. The third-order valence-corrected chi connectivity index (χ3v) is 2.38. The van der Waals surface area contributed by atoms with Gasteiger partial charge in [0.25, 0.3) is 0 Å². The Morgan fingerprint density at radius 3 is 2.94 bits per heavy atom. The minimum absolute atomic E-state index is 0.312. The van der Waals surface area contributed by atoms with Crippen molar-refractivity contribution in [1.82, 2.24) is 9.78 Å². The van der Waals surface area contributed by atoms with Crippen molar-refractivity contribution in [2.24, 2.45) is 0 Å². The van der Waals surface area contributed by atoms with Gasteiger partial charge in [0, 0.05) is 0 Å². The number of benzene rings is 1. The first-order valence-corrected chi connectivity index (χ1v) is 4.99. The normalized spacial score (nSPS) is 10.1. The van der Waals surface area contributed by atoms with Crippen LogP contribution in [0, 0.1) is 17.1 Å². The summed E-state index contributed by atoms with van der Waals surface area (Å²) in [5.74, 6) is -0.312. The van der Waals surface area contributed by atoms with Gasteiger partial charge in [0.05, 0.1) is 23.1 Å². The molecular weight excluding hydrogens is 205 g/mol. The molecule has 0 unspecified atom stereocenters. The lowest BCUT2D eigenvalue weighted by Gasteiger charge is -2.05. The van der Waals surface area contributed by atoms with E-state index in [9.17, 15) is 4.39 Å². The van der Waals surface area contributed by atoms with Gasteiger partial charge in [-0.1, -0.05) is 13.0 Å². The fourth-order valence-corrected chi connectivity index (χ4v) is 1.64. The van der Waals surface area contributed by atoms with Crippen LogP contribution in [0.1, 0.15) is 18.2 Å². The van der Waals surface area contributed by atoms with Gasteiger partial charge >= 0.3 is 0 Å². The summed E-state index contributed by atoms with van der Waals surface area (Å²) in [6.07, 6.45) is 2.18. The van der Waals surface area contributed by atoms with Gasteiger partial charge < -0.3 is 0 Å². The Labute approximate surface area is 92.7 Å². The third-order valence-electron chi connectivity index (χ3n) is 2.38. The molecule has 0 radical (unpaired) electrons. The lowest BCUT2D eigenvalue weighted by Crippen LogP contribution is -2.02. The van der Waals surface area contributed by atoms with E-state index in [0.717, 1.165) is 5.69 Å². The Balaban J connectivity index is 2.57. The van der Waals surface area contributed by atoms with Crippen molar-refractivity contribution in [2.45, 2.75) is 13.3 Å². The molecule has 80 valence electrons. The van der Waals surface area contributed by atoms with Crippen LogP contribution in [0.4, 0.5) is 4.39 Å². The number of hydrogen-bond acceptors (Lipinski definition) is 2. The maximum Gasteiger partial charge on any atom is 0.125 e. The molecule has 0 fully saturated rings. The molecular formula is C12H10FN3. The van der Waals surface area contributed by atoms with Crippen molar-refractivity contribution >= 4 is 0 Å². The average Bonchev–Trinajstić information content (AvgIpc) is 2.71. The molecule has 3 nitrogen and oxygen atoms in total. The van der Waals surface area contributed by atoms with E-state index in [-0.39, 0.29) is 5.82 Å². The highest BCUT2D eigenvalue weighted by Gasteiger charge is 2.10. The molecule has 2 aromatic rings. The maximum atomic E-state index is 13.1. The lowest BCUT2D eigenvalue weighted by molar-refractivity contribution is 0.624. The molecule has 0 N–H and O–H groups in total. The van der Waals surface area contributed by atoms with Crippen LogP contribution in [-0.4, -0.2) is 9.78 Å². The van der Waals surface area contributed by atoms with E-state index in [2.05, 4.69) is 11.2 Å². The highest BCUT2D eigenvalue weighted by molar-refractivity contribution is 5.39. The largest absolute Gasteiger partial charge is 0.236 e. The quantitative estimate of drug-likeness (QED) is 0.772. The van der Waals surface area contributed by atoms with E-state index >= 15 is 0 Å². The third kappa shape index (κ3) is 1.68. The Bertz CT molecular complexity index is 552. The fourth-order valence-electron chi connectivity index (χ4n) is 1.64. The van der Waals surface area contributed by atoms with Crippen LogP contribution in [0.2, 0.25) is 0 Å². The summed E-state index contributed by atoms with van der Waals surface area (Å²) in [4.78, 5) is 0. The van der Waals surface area contributed by atoms with E-state index in [4.69, 9.17) is 5.26 Å². The van der Waals surface area contributed by atoms with Crippen molar-refractivity contribution < 1.29 is 4.39 Å². The predicted octanol–water partition coefficient (Wildman–Crippen LogP) is 2.45. The van der Waals surface area contributed by atoms with Crippen LogP contribution in [0.25, 0.3) is 5.69 Å². The molecule has 1 aromatic heterocycles. The van der Waals surface area contributed by atoms with Crippen LogP contribution >= 0.6 is 0 Å². The molecule has 1 heterocycles. The molecule has 0 aliphatic carbocycles. The Morgan fingerprint density at radius 2 is 2.31 bits per heavy atom. The van der Waals surface area contributed by atoms with Gasteiger partial charge in [-0.15, -0.1) is 0 Å². The maximum absolute atomic E-state index is 13.1. The molecule has 0 saturated carbocycles. The standard InChI is InChI=1S/C12H10FN3/c1-2-12-9(7-14)8-15-16(12)11-5-3-4-10(13)6-11/h3-6,8H,2H2,1H3. The number of halogens is 1. The zero-order chi connectivity index (χ0) is 11.5. The second-order valence-corrected chi connectivity index (χ2v) is 3.36. The molecule has 4 heteroatoms. The first-order valence-electron chi connectivity index (χ1n) is 4.99.